The molecule has 1 saturated heterocycles. The number of piperidine rings is 1. The molecule has 0 aliphatic carbocycles. The van der Waals surface area contributed by atoms with Crippen molar-refractivity contribution in [3.05, 3.63) is 23.3 Å². The van der Waals surface area contributed by atoms with Gasteiger partial charge >= 0.3 is 5.97 Å². The van der Waals surface area contributed by atoms with Crippen LogP contribution in [0.3, 0.4) is 0 Å². The van der Waals surface area contributed by atoms with E-state index in [9.17, 15) is 13.0 Å². The van der Waals surface area contributed by atoms with Crippen molar-refractivity contribution in [1.82, 2.24) is 4.90 Å². The second kappa shape index (κ2) is 9.56. The number of methoxy groups -OCH3 is 2. The number of hydrogen-bond donors (Lipinski definition) is 1. The van der Waals surface area contributed by atoms with Crippen molar-refractivity contribution < 1.29 is 51.9 Å². The van der Waals surface area contributed by atoms with Gasteiger partial charge in [-0.1, -0.05) is 27.5 Å². The highest BCUT2D eigenvalue weighted by Crippen LogP contribution is 2.44. The van der Waals surface area contributed by atoms with Crippen molar-refractivity contribution in [1.29, 1.82) is 0 Å². The molecule has 2 heterocycles. The largest absolute Gasteiger partial charge is 0.493 e. The van der Waals surface area contributed by atoms with Crippen LogP contribution < -0.4 is 15.2 Å². The number of nitrogens with two attached hydrogens (primary N) is 1. The number of benzene rings is 1. The fourth-order valence-corrected chi connectivity index (χ4v) is 2.76. The number of carbonyl (C=O) groups is 1. The zero-order valence-corrected chi connectivity index (χ0v) is 16.4. The van der Waals surface area contributed by atoms with Gasteiger partial charge in [-0.05, 0) is 47.8 Å². The molecule has 0 aromatic heterocycles. The van der Waals surface area contributed by atoms with Crippen molar-refractivity contribution in [2.45, 2.75) is 64.7 Å². The van der Waals surface area contributed by atoms with Crippen LogP contribution in [0.4, 0.5) is 0 Å². The van der Waals surface area contributed by atoms with Crippen LogP contribution in [0.1, 0.15) is 90.3 Å². The summed E-state index contributed by atoms with van der Waals surface area (Å²) in [6, 6.07) is -5.67. The lowest BCUT2D eigenvalue weighted by atomic mass is 9.79. The van der Waals surface area contributed by atoms with E-state index in [1.54, 1.807) is 0 Å². The molecule has 2 aliphatic rings. The molecule has 2 N–H and O–H groups in total. The Balaban J connectivity index is 2.69. The van der Waals surface area contributed by atoms with Gasteiger partial charge in [-0.25, -0.2) is 0 Å². The number of fused-ring (bicyclic) bond motifs is 3. The molecule has 1 aromatic carbocycles. The molecule has 0 spiro atoms. The van der Waals surface area contributed by atoms with E-state index in [2.05, 4.69) is 0 Å². The summed E-state index contributed by atoms with van der Waals surface area (Å²) in [7, 11) is 2.13. The van der Waals surface area contributed by atoms with Crippen LogP contribution in [0.15, 0.2) is 12.1 Å². The molecule has 1 aromatic rings. The number of ether oxygens (including phenoxy) is 3. The number of esters is 1. The van der Waals surface area contributed by atoms with E-state index in [4.69, 9.17) is 44.6 Å². The fourth-order valence-electron chi connectivity index (χ4n) is 2.76. The summed E-state index contributed by atoms with van der Waals surface area (Å²) >= 11 is 0. The van der Waals surface area contributed by atoms with Gasteiger partial charge in [0, 0.05) is 61.5 Å². The van der Waals surface area contributed by atoms with Crippen molar-refractivity contribution >= 4 is 5.97 Å². The Kier molecular flexibility index (Phi) is 2.27. The Morgan fingerprint density at radius 2 is 2.13 bits per heavy atom. The molecule has 2 aliphatic heterocycles. The van der Waals surface area contributed by atoms with Crippen LogP contribution in [0.5, 0.6) is 11.5 Å². The van der Waals surface area contributed by atoms with E-state index >= 15 is 0 Å². The van der Waals surface area contributed by atoms with Gasteiger partial charge in [-0.2, -0.15) is 0 Å². The van der Waals surface area contributed by atoms with E-state index in [-0.39, 0.29) is 23.3 Å². The fraction of sp³-hybridized carbons (Fsp3) is 0.708. The predicted octanol–water partition coefficient (Wildman–Crippen LogP) is 3.56. The summed E-state index contributed by atoms with van der Waals surface area (Å²) in [6.45, 7) is -20.5. The zero-order valence-electron chi connectivity index (χ0n) is 40.4. The molecule has 0 radical (unpaired) electrons. The van der Waals surface area contributed by atoms with E-state index < -0.39 is 106 Å². The SMILES string of the molecule is [2H]C([2H])([2H])C([2H])(C)C([2H])([2H])C1([2H])C([2H])([2H])N2C(c3cc(OC)c(OC)cc3C([2H])([2H])C2([2H])[2H])C([2H])([2H])C1([2H])OC(=O)[C@@]([2H])(N)C([2H])(C([2H])([2H])[2H])C([2H])([2H])[2H]. The minimum absolute atomic E-state index is 0.266. The van der Waals surface area contributed by atoms with E-state index in [1.807, 2.05) is 0 Å². The first kappa shape index (κ1) is 7.11. The van der Waals surface area contributed by atoms with Crippen LogP contribution >= 0.6 is 0 Å². The topological polar surface area (TPSA) is 74.0 Å². The molecule has 3 rings (SSSR count). The van der Waals surface area contributed by atoms with Crippen molar-refractivity contribution in [3.8, 4) is 11.5 Å². The maximum Gasteiger partial charge on any atom is 0.323 e. The first-order chi connectivity index (χ1) is 23.5. The van der Waals surface area contributed by atoms with E-state index in [0.29, 0.717) is 0 Å². The number of rotatable bonds is 7. The zero-order chi connectivity index (χ0) is 43.1. The predicted molar refractivity (Wildman–Crippen MR) is 118 cm³/mol. The van der Waals surface area contributed by atoms with Gasteiger partial charge in [0.05, 0.1) is 17.0 Å². The standard InChI is InChI=1S/C24H38N2O4/c1-14(2)9-17-13-26-8-7-16-10-21(28-5)22(29-6)11-18(16)19(26)12-20(17)30-24(27)23(25)15(3)4/h10-11,14-15,17,19-20,23H,7-9,12-13,25H2,1-6H3/t17?,19?,20?,23-/m0/s1/i1D3,3D3,4D3,7D2,8D2,9D2,12D2,13D2,14D,15D,17D,20D,23D/t14?,17?,19?,20?,23-. The minimum atomic E-state index is -4.84. The maximum absolute atomic E-state index is 13.9. The molecule has 4 unspecified atom stereocenters. The molecule has 0 bridgehead atoms. The average molecular weight is 443 g/mol. The Bertz CT molecular complexity index is 1650. The third kappa shape index (κ3) is 4.75. The molecule has 0 saturated carbocycles. The molecule has 1 fully saturated rings. The monoisotopic (exact) mass is 442 g/mol. The molecule has 6 heteroatoms. The molecule has 5 atom stereocenters. The lowest BCUT2D eigenvalue weighted by Gasteiger charge is -2.47. The lowest BCUT2D eigenvalue weighted by Crippen LogP contribution is -2.51. The van der Waals surface area contributed by atoms with Gasteiger partial charge in [0.15, 0.2) is 11.5 Å². The summed E-state index contributed by atoms with van der Waals surface area (Å²) in [5, 5.41) is 0. The molecular weight excluding hydrogens is 380 g/mol. The number of carbonyl (C=O) groups excluding carboxylic acids is 1. The smallest absolute Gasteiger partial charge is 0.323 e. The van der Waals surface area contributed by atoms with Gasteiger partial charge < -0.3 is 19.9 Å². The average Bonchev–Trinajstić information content (AvgIpc) is 2.98. The number of aryl methyl sites for hydroxylation is 1. The summed E-state index contributed by atoms with van der Waals surface area (Å²) in [4.78, 5) is 13.6. The summed E-state index contributed by atoms with van der Waals surface area (Å²) in [5.41, 5.74) is 4.00. The molecule has 30 heavy (non-hydrogen) atoms. The molecule has 168 valence electrons. The number of hydrogen-bond acceptors (Lipinski definition) is 6. The quantitative estimate of drug-likeness (QED) is 0.651. The Hall–Kier alpha value is -1.79. The summed E-state index contributed by atoms with van der Waals surface area (Å²) in [5.74, 6) is -16.6. The van der Waals surface area contributed by atoms with Gasteiger partial charge in [-0.3, -0.25) is 9.69 Å². The second-order valence-corrected chi connectivity index (χ2v) is 6.19. The van der Waals surface area contributed by atoms with Crippen molar-refractivity contribution in [2.75, 3.05) is 27.2 Å². The van der Waals surface area contributed by atoms with Gasteiger partial charge in [0.25, 0.3) is 0 Å². The molecular formula is C24H38N2O4. The maximum atomic E-state index is 13.9. The molecule has 6 nitrogen and oxygen atoms in total. The summed E-state index contributed by atoms with van der Waals surface area (Å²) < 4.78 is 220. The highest BCUT2D eigenvalue weighted by atomic mass is 16.5. The second-order valence-electron chi connectivity index (χ2n) is 6.19. The third-order valence-electron chi connectivity index (χ3n) is 4.14. The normalized spacial score (nSPS) is 53.4. The highest BCUT2D eigenvalue weighted by molar-refractivity contribution is 5.76. The van der Waals surface area contributed by atoms with Gasteiger partial charge in [0.1, 0.15) is 12.1 Å². The first-order valence-electron chi connectivity index (χ1n) is 20.6. The Morgan fingerprint density at radius 1 is 1.40 bits per heavy atom. The van der Waals surface area contributed by atoms with Crippen LogP contribution in [-0.4, -0.2) is 50.2 Å². The number of nitrogens with zero attached hydrogens (tertiary/aromatic N) is 1. The lowest BCUT2D eigenvalue weighted by molar-refractivity contribution is -0.160. The Morgan fingerprint density at radius 3 is 2.80 bits per heavy atom. The van der Waals surface area contributed by atoms with Crippen LogP contribution in [0.2, 0.25) is 0 Å². The molecule has 0 amide bonds. The van der Waals surface area contributed by atoms with E-state index in [0.717, 1.165) is 26.4 Å². The third-order valence-corrected chi connectivity index (χ3v) is 4.14. The van der Waals surface area contributed by atoms with Crippen LogP contribution in [0.25, 0.3) is 0 Å². The van der Waals surface area contributed by atoms with Crippen molar-refractivity contribution in [2.24, 2.45) is 23.4 Å². The van der Waals surface area contributed by atoms with E-state index in [1.165, 1.54) is 0 Å². The first-order valence-corrected chi connectivity index (χ1v) is 8.56. The van der Waals surface area contributed by atoms with Crippen LogP contribution in [-0.2, 0) is 15.9 Å². The van der Waals surface area contributed by atoms with Gasteiger partial charge in [0.2, 0.25) is 0 Å². The Labute approximate surface area is 214 Å². The van der Waals surface area contributed by atoms with Crippen LogP contribution in [0, 0.1) is 17.7 Å². The summed E-state index contributed by atoms with van der Waals surface area (Å²) in [6.07, 6.45) is -17.1. The van der Waals surface area contributed by atoms with Crippen molar-refractivity contribution in [3.63, 3.8) is 0 Å². The minimum Gasteiger partial charge on any atom is -0.493 e. The van der Waals surface area contributed by atoms with Gasteiger partial charge in [-0.15, -0.1) is 0 Å². The highest BCUT2D eigenvalue weighted by Gasteiger charge is 2.41.